The van der Waals surface area contributed by atoms with Crippen molar-refractivity contribution in [1.29, 1.82) is 0 Å². The normalized spacial score (nSPS) is 10.7. The Balaban J connectivity index is 2.05. The molecule has 7 nitrogen and oxygen atoms in total. The summed E-state index contributed by atoms with van der Waals surface area (Å²) in [5.74, 6) is -0.667. The first-order chi connectivity index (χ1) is 12.8. The van der Waals surface area contributed by atoms with Gasteiger partial charge in [0.15, 0.2) is 0 Å². The van der Waals surface area contributed by atoms with Gasteiger partial charge in [-0.1, -0.05) is 23.8 Å². The summed E-state index contributed by atoms with van der Waals surface area (Å²) in [5.41, 5.74) is 2.44. The van der Waals surface area contributed by atoms with Gasteiger partial charge in [0.05, 0.1) is 5.69 Å². The lowest BCUT2D eigenvalue weighted by molar-refractivity contribution is 0.101. The molecule has 0 saturated carbocycles. The summed E-state index contributed by atoms with van der Waals surface area (Å²) < 4.78 is 1.93. The van der Waals surface area contributed by atoms with Crippen molar-refractivity contribution in [3.63, 3.8) is 0 Å². The maximum atomic E-state index is 12.6. The highest BCUT2D eigenvalue weighted by Gasteiger charge is 2.19. The number of nitrogens with one attached hydrogen (secondary N) is 1. The van der Waals surface area contributed by atoms with E-state index in [9.17, 15) is 14.4 Å². The number of benzene rings is 2. The van der Waals surface area contributed by atoms with E-state index in [1.807, 2.05) is 45.0 Å². The summed E-state index contributed by atoms with van der Waals surface area (Å²) in [5, 5.41) is 6.70. The lowest BCUT2D eigenvalue weighted by Crippen LogP contribution is -2.43. The van der Waals surface area contributed by atoms with Crippen molar-refractivity contribution >= 4 is 11.6 Å². The number of aryl methyl sites for hydroxylation is 3. The number of hydrogen-bond acceptors (Lipinski definition) is 4. The van der Waals surface area contributed by atoms with E-state index in [-0.39, 0.29) is 5.69 Å². The van der Waals surface area contributed by atoms with Crippen molar-refractivity contribution in [2.75, 3.05) is 5.32 Å². The van der Waals surface area contributed by atoms with Gasteiger partial charge in [0.2, 0.25) is 5.69 Å². The van der Waals surface area contributed by atoms with Crippen LogP contribution in [0.5, 0.6) is 0 Å². The van der Waals surface area contributed by atoms with E-state index >= 15 is 0 Å². The Kier molecular flexibility index (Phi) is 4.77. The summed E-state index contributed by atoms with van der Waals surface area (Å²) in [6.07, 6.45) is 0. The fraction of sp³-hybridized carbons (Fsp3) is 0.200. The number of carbonyl (C=O) groups is 1. The van der Waals surface area contributed by atoms with Gasteiger partial charge in [-0.3, -0.25) is 14.2 Å². The molecule has 3 rings (SSSR count). The molecule has 0 radical (unpaired) electrons. The molecule has 0 spiro atoms. The summed E-state index contributed by atoms with van der Waals surface area (Å²) in [6, 6.07) is 12.5. The van der Waals surface area contributed by atoms with Crippen LogP contribution < -0.4 is 16.6 Å². The maximum Gasteiger partial charge on any atom is 0.351 e. The third-order valence-electron chi connectivity index (χ3n) is 4.43. The Hall–Kier alpha value is -3.48. The van der Waals surface area contributed by atoms with E-state index in [2.05, 4.69) is 10.4 Å². The quantitative estimate of drug-likeness (QED) is 0.771. The predicted molar refractivity (Wildman–Crippen MR) is 104 cm³/mol. The van der Waals surface area contributed by atoms with Crippen molar-refractivity contribution in [2.24, 2.45) is 7.05 Å². The number of anilines is 1. The van der Waals surface area contributed by atoms with Crippen LogP contribution in [0.2, 0.25) is 0 Å². The number of amides is 1. The van der Waals surface area contributed by atoms with Crippen molar-refractivity contribution in [3.8, 4) is 5.69 Å². The Morgan fingerprint density at radius 1 is 0.963 bits per heavy atom. The zero-order valence-electron chi connectivity index (χ0n) is 15.6. The summed E-state index contributed by atoms with van der Waals surface area (Å²) in [4.78, 5) is 37.5. The molecule has 1 heterocycles. The molecule has 0 aliphatic heterocycles. The second kappa shape index (κ2) is 7.03. The standard InChI is InChI=1S/C20H20N4O3/c1-12-5-9-16(10-6-12)24-20(27)23(4)19(26)17(22-24)18(25)21-15-8-7-13(2)14(3)11-15/h5-11H,1-4H3,(H,21,25). The molecule has 1 aromatic heterocycles. The maximum absolute atomic E-state index is 12.6. The Morgan fingerprint density at radius 3 is 2.26 bits per heavy atom. The number of aromatic nitrogens is 3. The lowest BCUT2D eigenvalue weighted by atomic mass is 10.1. The monoisotopic (exact) mass is 364 g/mol. The first-order valence-electron chi connectivity index (χ1n) is 8.44. The first-order valence-corrected chi connectivity index (χ1v) is 8.44. The molecule has 7 heteroatoms. The van der Waals surface area contributed by atoms with E-state index in [0.29, 0.717) is 11.4 Å². The third-order valence-corrected chi connectivity index (χ3v) is 4.43. The van der Waals surface area contributed by atoms with Gasteiger partial charge in [0, 0.05) is 12.7 Å². The SMILES string of the molecule is Cc1ccc(-n2nc(C(=O)Nc3ccc(C)c(C)c3)c(=O)n(C)c2=O)cc1. The van der Waals surface area contributed by atoms with Crippen LogP contribution in [0.1, 0.15) is 27.2 Å². The van der Waals surface area contributed by atoms with Crippen LogP contribution in [0.15, 0.2) is 52.1 Å². The van der Waals surface area contributed by atoms with Crippen molar-refractivity contribution in [1.82, 2.24) is 14.3 Å². The summed E-state index contributed by atoms with van der Waals surface area (Å²) in [6.45, 7) is 5.82. The van der Waals surface area contributed by atoms with E-state index in [1.165, 1.54) is 7.05 Å². The first kappa shape index (κ1) is 18.3. The van der Waals surface area contributed by atoms with E-state index in [1.54, 1.807) is 18.2 Å². The van der Waals surface area contributed by atoms with Crippen molar-refractivity contribution < 1.29 is 4.79 Å². The van der Waals surface area contributed by atoms with Crippen LogP contribution >= 0.6 is 0 Å². The largest absolute Gasteiger partial charge is 0.351 e. The average molecular weight is 364 g/mol. The van der Waals surface area contributed by atoms with Gasteiger partial charge in [-0.2, -0.15) is 9.78 Å². The topological polar surface area (TPSA) is 86.0 Å². The van der Waals surface area contributed by atoms with Gasteiger partial charge in [0.25, 0.3) is 11.5 Å². The third kappa shape index (κ3) is 3.57. The molecule has 1 N–H and O–H groups in total. The minimum atomic E-state index is -0.746. The van der Waals surface area contributed by atoms with Crippen LogP contribution in [0, 0.1) is 20.8 Å². The molecule has 0 bridgehead atoms. The second-order valence-corrected chi connectivity index (χ2v) is 6.50. The molecule has 2 aromatic carbocycles. The van der Waals surface area contributed by atoms with Gasteiger partial charge >= 0.3 is 5.69 Å². The molecule has 138 valence electrons. The average Bonchev–Trinajstić information content (AvgIpc) is 2.64. The van der Waals surface area contributed by atoms with Crippen LogP contribution in [-0.4, -0.2) is 20.3 Å². The molecule has 0 aliphatic carbocycles. The van der Waals surface area contributed by atoms with Gasteiger partial charge in [-0.05, 0) is 56.2 Å². The number of nitrogens with zero attached hydrogens (tertiary/aromatic N) is 3. The Labute approximate surface area is 155 Å². The summed E-state index contributed by atoms with van der Waals surface area (Å²) >= 11 is 0. The molecular formula is C20H20N4O3. The zero-order chi connectivity index (χ0) is 19.7. The molecule has 0 unspecified atom stereocenters. The van der Waals surface area contributed by atoms with Crippen molar-refractivity contribution in [2.45, 2.75) is 20.8 Å². The van der Waals surface area contributed by atoms with E-state index in [0.717, 1.165) is 25.9 Å². The molecule has 3 aromatic rings. The molecule has 0 fully saturated rings. The molecular weight excluding hydrogens is 344 g/mol. The van der Waals surface area contributed by atoms with Gasteiger partial charge in [-0.15, -0.1) is 0 Å². The highest BCUT2D eigenvalue weighted by Crippen LogP contribution is 2.14. The van der Waals surface area contributed by atoms with Crippen LogP contribution in [-0.2, 0) is 7.05 Å². The number of rotatable bonds is 3. The Morgan fingerprint density at radius 2 is 1.63 bits per heavy atom. The molecule has 27 heavy (non-hydrogen) atoms. The Bertz CT molecular complexity index is 1140. The van der Waals surface area contributed by atoms with Gasteiger partial charge in [0.1, 0.15) is 0 Å². The number of hydrogen-bond donors (Lipinski definition) is 1. The van der Waals surface area contributed by atoms with Crippen molar-refractivity contribution in [3.05, 3.63) is 85.7 Å². The predicted octanol–water partition coefficient (Wildman–Crippen LogP) is 2.11. The van der Waals surface area contributed by atoms with Crippen LogP contribution in [0.25, 0.3) is 5.69 Å². The van der Waals surface area contributed by atoms with E-state index in [4.69, 9.17) is 0 Å². The minimum absolute atomic E-state index is 0.351. The fourth-order valence-electron chi connectivity index (χ4n) is 2.58. The van der Waals surface area contributed by atoms with E-state index < -0.39 is 17.2 Å². The smallest absolute Gasteiger partial charge is 0.320 e. The highest BCUT2D eigenvalue weighted by molar-refractivity contribution is 6.02. The molecule has 0 saturated heterocycles. The molecule has 1 amide bonds. The van der Waals surface area contributed by atoms with Crippen LogP contribution in [0.4, 0.5) is 5.69 Å². The highest BCUT2D eigenvalue weighted by atomic mass is 16.2. The van der Waals surface area contributed by atoms with Gasteiger partial charge < -0.3 is 5.32 Å². The molecule has 0 aliphatic rings. The van der Waals surface area contributed by atoms with Crippen LogP contribution in [0.3, 0.4) is 0 Å². The molecule has 0 atom stereocenters. The number of carbonyl (C=O) groups excluding carboxylic acids is 1. The zero-order valence-corrected chi connectivity index (χ0v) is 15.6. The minimum Gasteiger partial charge on any atom is -0.320 e. The fourth-order valence-corrected chi connectivity index (χ4v) is 2.58. The second-order valence-electron chi connectivity index (χ2n) is 6.50. The lowest BCUT2D eigenvalue weighted by Gasteiger charge is -2.10. The van der Waals surface area contributed by atoms with Gasteiger partial charge in [-0.25, -0.2) is 4.79 Å². The summed E-state index contributed by atoms with van der Waals surface area (Å²) in [7, 11) is 1.32.